The van der Waals surface area contributed by atoms with Gasteiger partial charge in [-0.3, -0.25) is 19.3 Å². The molecule has 0 aromatic heterocycles. The molecule has 0 aliphatic carbocycles. The fourth-order valence-electron chi connectivity index (χ4n) is 3.76. The van der Waals surface area contributed by atoms with Gasteiger partial charge in [0.1, 0.15) is 5.76 Å². The Hall–Kier alpha value is -3.71. The van der Waals surface area contributed by atoms with Gasteiger partial charge in [0.15, 0.2) is 0 Å². The van der Waals surface area contributed by atoms with E-state index in [0.717, 1.165) is 4.47 Å². The summed E-state index contributed by atoms with van der Waals surface area (Å²) in [7, 11) is 0. The molecule has 3 aromatic rings. The number of benzene rings is 3. The van der Waals surface area contributed by atoms with E-state index in [9.17, 15) is 19.5 Å². The molecule has 7 heteroatoms. The van der Waals surface area contributed by atoms with Crippen LogP contribution in [0.3, 0.4) is 0 Å². The van der Waals surface area contributed by atoms with E-state index in [-0.39, 0.29) is 17.8 Å². The Morgan fingerprint density at radius 2 is 1.50 bits per heavy atom. The van der Waals surface area contributed by atoms with Crippen LogP contribution in [0.2, 0.25) is 0 Å². The molecular weight excluding hydrogens is 474 g/mol. The van der Waals surface area contributed by atoms with Crippen LogP contribution < -0.4 is 4.90 Å². The maximum Gasteiger partial charge on any atom is 0.307 e. The molecule has 0 radical (unpaired) electrons. The maximum atomic E-state index is 13.1. The number of ketones is 1. The van der Waals surface area contributed by atoms with E-state index in [1.54, 1.807) is 72.8 Å². The second kappa shape index (κ2) is 8.80. The first kappa shape index (κ1) is 21.5. The van der Waals surface area contributed by atoms with Crippen LogP contribution in [0, 0.1) is 0 Å². The van der Waals surface area contributed by atoms with E-state index >= 15 is 0 Å². The Morgan fingerprint density at radius 3 is 2.09 bits per heavy atom. The summed E-state index contributed by atoms with van der Waals surface area (Å²) in [5.41, 5.74) is 2.09. The van der Waals surface area contributed by atoms with Crippen LogP contribution in [0.15, 0.2) is 88.9 Å². The van der Waals surface area contributed by atoms with E-state index in [4.69, 9.17) is 5.11 Å². The number of aliphatic hydroxyl groups excluding tert-OH is 1. The molecule has 32 heavy (non-hydrogen) atoms. The molecule has 1 atom stereocenters. The lowest BCUT2D eigenvalue weighted by molar-refractivity contribution is -0.136. The quantitative estimate of drug-likeness (QED) is 0.306. The van der Waals surface area contributed by atoms with E-state index in [0.29, 0.717) is 22.4 Å². The highest BCUT2D eigenvalue weighted by Crippen LogP contribution is 2.42. The number of aliphatic carboxylic acids is 1. The van der Waals surface area contributed by atoms with E-state index in [1.165, 1.54) is 4.90 Å². The molecular formula is C25H18BrNO5. The van der Waals surface area contributed by atoms with Gasteiger partial charge in [0.25, 0.3) is 11.7 Å². The van der Waals surface area contributed by atoms with Crippen molar-refractivity contribution in [3.63, 3.8) is 0 Å². The number of carboxylic acid groups (broad SMARTS) is 1. The van der Waals surface area contributed by atoms with Crippen LogP contribution in [-0.2, 0) is 20.8 Å². The molecule has 0 saturated carbocycles. The largest absolute Gasteiger partial charge is 0.507 e. The van der Waals surface area contributed by atoms with Crippen molar-refractivity contribution in [3.05, 3.63) is 106 Å². The second-order valence-electron chi connectivity index (χ2n) is 7.32. The van der Waals surface area contributed by atoms with Gasteiger partial charge in [-0.2, -0.15) is 0 Å². The predicted octanol–water partition coefficient (Wildman–Crippen LogP) is 4.70. The molecule has 1 amide bonds. The Bertz CT molecular complexity index is 1220. The van der Waals surface area contributed by atoms with Gasteiger partial charge in [0, 0.05) is 15.7 Å². The van der Waals surface area contributed by atoms with Crippen molar-refractivity contribution in [2.45, 2.75) is 12.5 Å². The number of Topliss-reactive ketones (excluding diaryl/α,β-unsaturated/α-hetero) is 1. The number of carboxylic acids is 1. The van der Waals surface area contributed by atoms with Gasteiger partial charge in [-0.1, -0.05) is 70.5 Å². The smallest absolute Gasteiger partial charge is 0.307 e. The number of halogens is 1. The fraction of sp³-hybridized carbons (Fsp3) is 0.0800. The Morgan fingerprint density at radius 1 is 0.875 bits per heavy atom. The highest BCUT2D eigenvalue weighted by atomic mass is 79.9. The Balaban J connectivity index is 1.85. The molecule has 160 valence electrons. The summed E-state index contributed by atoms with van der Waals surface area (Å²) in [5.74, 6) is -2.76. The first-order valence-electron chi connectivity index (χ1n) is 9.79. The molecule has 1 saturated heterocycles. The summed E-state index contributed by atoms with van der Waals surface area (Å²) >= 11 is 3.35. The van der Waals surface area contributed by atoms with E-state index in [2.05, 4.69) is 15.9 Å². The topological polar surface area (TPSA) is 94.9 Å². The van der Waals surface area contributed by atoms with Gasteiger partial charge in [0.05, 0.1) is 18.0 Å². The van der Waals surface area contributed by atoms with Gasteiger partial charge >= 0.3 is 5.97 Å². The molecule has 6 nitrogen and oxygen atoms in total. The van der Waals surface area contributed by atoms with Crippen LogP contribution >= 0.6 is 15.9 Å². The molecule has 1 aliphatic heterocycles. The highest BCUT2D eigenvalue weighted by Gasteiger charge is 2.46. The van der Waals surface area contributed by atoms with Crippen LogP contribution in [0.4, 0.5) is 5.69 Å². The fourth-order valence-corrected chi connectivity index (χ4v) is 4.03. The normalized spacial score (nSPS) is 17.5. The molecule has 1 fully saturated rings. The number of hydrogen-bond acceptors (Lipinski definition) is 4. The van der Waals surface area contributed by atoms with Crippen molar-refractivity contribution >= 4 is 45.0 Å². The summed E-state index contributed by atoms with van der Waals surface area (Å²) in [4.78, 5) is 38.5. The number of carbonyl (C=O) groups excluding carboxylic acids is 2. The number of anilines is 1. The molecule has 0 spiro atoms. The molecule has 1 heterocycles. The third kappa shape index (κ3) is 4.07. The average Bonchev–Trinajstić information content (AvgIpc) is 3.05. The summed E-state index contributed by atoms with van der Waals surface area (Å²) in [6.07, 6.45) is -0.148. The van der Waals surface area contributed by atoms with Gasteiger partial charge in [0.2, 0.25) is 0 Å². The first-order valence-corrected chi connectivity index (χ1v) is 10.6. The standard InChI is InChI=1S/C25H18BrNO5/c26-18-10-8-17(9-11-18)23(30)21-22(16-4-2-1-3-5-16)27(25(32)24(21)31)19-12-6-15(7-13-19)14-20(28)29/h1-13,22,30H,14H2,(H,28,29)/b23-21+. The number of amides is 1. The molecule has 1 unspecified atom stereocenters. The summed E-state index contributed by atoms with van der Waals surface area (Å²) in [6, 6.07) is 21.4. The van der Waals surface area contributed by atoms with Crippen molar-refractivity contribution in [2.24, 2.45) is 0 Å². The SMILES string of the molecule is O=C(O)Cc1ccc(N2C(=O)C(=O)/C(=C(/O)c3ccc(Br)cc3)C2c2ccccc2)cc1. The zero-order valence-electron chi connectivity index (χ0n) is 16.7. The molecule has 3 aromatic carbocycles. The molecule has 1 aliphatic rings. The molecule has 2 N–H and O–H groups in total. The average molecular weight is 492 g/mol. The first-order chi connectivity index (χ1) is 15.4. The third-order valence-corrected chi connectivity index (χ3v) is 5.78. The minimum absolute atomic E-state index is 0.00173. The lowest BCUT2D eigenvalue weighted by Gasteiger charge is -2.25. The van der Waals surface area contributed by atoms with Crippen molar-refractivity contribution in [1.82, 2.24) is 0 Å². The third-order valence-electron chi connectivity index (χ3n) is 5.25. The number of hydrogen-bond donors (Lipinski definition) is 2. The van der Waals surface area contributed by atoms with Crippen molar-refractivity contribution in [2.75, 3.05) is 4.90 Å². The number of aliphatic hydroxyl groups is 1. The minimum Gasteiger partial charge on any atom is -0.507 e. The summed E-state index contributed by atoms with van der Waals surface area (Å²) in [5, 5.41) is 20.0. The summed E-state index contributed by atoms with van der Waals surface area (Å²) < 4.78 is 0.815. The number of rotatable bonds is 5. The van der Waals surface area contributed by atoms with Crippen molar-refractivity contribution < 1.29 is 24.6 Å². The van der Waals surface area contributed by atoms with Gasteiger partial charge in [-0.25, -0.2) is 0 Å². The van der Waals surface area contributed by atoms with Gasteiger partial charge in [-0.15, -0.1) is 0 Å². The van der Waals surface area contributed by atoms with Crippen LogP contribution in [-0.4, -0.2) is 27.9 Å². The maximum absolute atomic E-state index is 13.1. The predicted molar refractivity (Wildman–Crippen MR) is 123 cm³/mol. The molecule has 4 rings (SSSR count). The van der Waals surface area contributed by atoms with E-state index in [1.807, 2.05) is 6.07 Å². The Labute approximate surface area is 192 Å². The highest BCUT2D eigenvalue weighted by molar-refractivity contribution is 9.10. The number of nitrogens with zero attached hydrogens (tertiary/aromatic N) is 1. The van der Waals surface area contributed by atoms with Crippen LogP contribution in [0.25, 0.3) is 5.76 Å². The zero-order chi connectivity index (χ0) is 22.8. The van der Waals surface area contributed by atoms with Gasteiger partial charge in [-0.05, 0) is 35.4 Å². The van der Waals surface area contributed by atoms with Crippen LogP contribution in [0.1, 0.15) is 22.7 Å². The van der Waals surface area contributed by atoms with Crippen molar-refractivity contribution in [3.8, 4) is 0 Å². The Kier molecular flexibility index (Phi) is 5.92. The lowest BCUT2D eigenvalue weighted by Crippen LogP contribution is -2.29. The second-order valence-corrected chi connectivity index (χ2v) is 8.24. The summed E-state index contributed by atoms with van der Waals surface area (Å²) in [6.45, 7) is 0. The number of carbonyl (C=O) groups is 3. The van der Waals surface area contributed by atoms with Crippen molar-refractivity contribution in [1.29, 1.82) is 0 Å². The van der Waals surface area contributed by atoms with Gasteiger partial charge < -0.3 is 10.2 Å². The minimum atomic E-state index is -0.961. The lowest BCUT2D eigenvalue weighted by atomic mass is 9.95. The van der Waals surface area contributed by atoms with Crippen LogP contribution in [0.5, 0.6) is 0 Å². The monoisotopic (exact) mass is 491 g/mol. The zero-order valence-corrected chi connectivity index (χ0v) is 18.3. The molecule has 0 bridgehead atoms. The van der Waals surface area contributed by atoms with E-state index < -0.39 is 23.7 Å².